The Hall–Kier alpha value is -3.85. The van der Waals surface area contributed by atoms with Gasteiger partial charge in [-0.1, -0.05) is 124 Å². The number of amides is 1. The van der Waals surface area contributed by atoms with Gasteiger partial charge in [0.2, 0.25) is 0 Å². The fraction of sp³-hybridized carbons (Fsp3) is 0.359. The number of hydrogen-bond donors (Lipinski definition) is 1. The molecule has 42 heavy (non-hydrogen) atoms. The van der Waals surface area contributed by atoms with Gasteiger partial charge in [0, 0.05) is 5.56 Å². The lowest BCUT2D eigenvalue weighted by Crippen LogP contribution is -2.30. The van der Waals surface area contributed by atoms with E-state index < -0.39 is 0 Å². The molecular weight excluding hydrogens is 514 g/mol. The molecule has 0 aliphatic carbocycles. The molecule has 3 nitrogen and oxygen atoms in total. The number of carbonyl (C=O) groups is 1. The average Bonchev–Trinajstić information content (AvgIpc) is 2.96. The van der Waals surface area contributed by atoms with Gasteiger partial charge in [0.25, 0.3) is 5.91 Å². The van der Waals surface area contributed by atoms with Crippen molar-refractivity contribution in [2.24, 2.45) is 5.92 Å². The number of nitrogens with one attached hydrogen (secondary N) is 1. The van der Waals surface area contributed by atoms with Gasteiger partial charge in [-0.2, -0.15) is 0 Å². The van der Waals surface area contributed by atoms with Crippen molar-refractivity contribution in [3.05, 3.63) is 124 Å². The molecule has 220 valence electrons. The van der Waals surface area contributed by atoms with Crippen LogP contribution in [0.5, 0.6) is 5.75 Å². The lowest BCUT2D eigenvalue weighted by molar-refractivity contribution is 0.0930. The van der Waals surface area contributed by atoms with Gasteiger partial charge in [-0.3, -0.25) is 4.79 Å². The van der Waals surface area contributed by atoms with Crippen molar-refractivity contribution in [2.75, 3.05) is 0 Å². The molecule has 0 aliphatic rings. The van der Waals surface area contributed by atoms with Crippen LogP contribution in [0.3, 0.4) is 0 Å². The van der Waals surface area contributed by atoms with Gasteiger partial charge in [0.1, 0.15) is 12.4 Å². The third kappa shape index (κ3) is 8.58. The first-order valence-corrected chi connectivity index (χ1v) is 15.6. The molecule has 4 aromatic rings. The van der Waals surface area contributed by atoms with Crippen LogP contribution in [-0.4, -0.2) is 5.91 Å². The van der Waals surface area contributed by atoms with Gasteiger partial charge in [-0.05, 0) is 84.5 Å². The summed E-state index contributed by atoms with van der Waals surface area (Å²) < 4.78 is 6.21. The Morgan fingerprint density at radius 1 is 0.738 bits per heavy atom. The highest BCUT2D eigenvalue weighted by molar-refractivity contribution is 5.96. The van der Waals surface area contributed by atoms with E-state index in [4.69, 9.17) is 4.74 Å². The van der Waals surface area contributed by atoms with Crippen LogP contribution in [-0.2, 0) is 19.4 Å². The highest BCUT2D eigenvalue weighted by Crippen LogP contribution is 2.27. The Morgan fingerprint density at radius 3 is 1.90 bits per heavy atom. The van der Waals surface area contributed by atoms with E-state index in [1.54, 1.807) is 0 Å². The third-order valence-corrected chi connectivity index (χ3v) is 7.69. The maximum Gasteiger partial charge on any atom is 0.252 e. The Labute approximate surface area is 253 Å². The Morgan fingerprint density at radius 2 is 1.33 bits per heavy atom. The molecule has 1 unspecified atom stereocenters. The normalized spacial score (nSPS) is 11.9. The first-order chi connectivity index (χ1) is 20.2. The number of hydrogen-bond acceptors (Lipinski definition) is 2. The quantitative estimate of drug-likeness (QED) is 0.176. The summed E-state index contributed by atoms with van der Waals surface area (Å²) in [7, 11) is 0. The van der Waals surface area contributed by atoms with Crippen LogP contribution in [0.2, 0.25) is 0 Å². The van der Waals surface area contributed by atoms with Crippen LogP contribution in [0, 0.1) is 19.8 Å². The summed E-state index contributed by atoms with van der Waals surface area (Å²) in [5.41, 5.74) is 10.3. The molecular formula is C39H47NO2. The molecule has 4 rings (SSSR count). The Kier molecular flexibility index (Phi) is 11.0. The minimum Gasteiger partial charge on any atom is -0.489 e. The summed E-state index contributed by atoms with van der Waals surface area (Å²) >= 11 is 0. The number of aryl methyl sites for hydroxylation is 4. The lowest BCUT2D eigenvalue weighted by Gasteiger charge is -2.23. The second kappa shape index (κ2) is 14.9. The van der Waals surface area contributed by atoms with Crippen LogP contribution >= 0.6 is 0 Å². The molecule has 0 saturated carbocycles. The second-order valence-corrected chi connectivity index (χ2v) is 12.1. The summed E-state index contributed by atoms with van der Waals surface area (Å²) in [4.78, 5) is 13.8. The summed E-state index contributed by atoms with van der Waals surface area (Å²) in [6.07, 6.45) is 4.98. The minimum absolute atomic E-state index is 0.0389. The standard InChI is InChI=1S/C39H47NO2/c1-7-9-30-11-15-32(16-12-30)33-17-13-31(14-18-33)26-42-36-20-19-34(10-8-2)37(25-36)39(41)40-38(21-27(3)4)35-23-28(5)22-29(6)24-35/h11-20,22-25,27,38H,7-10,21,26H2,1-6H3,(H,40,41). The summed E-state index contributed by atoms with van der Waals surface area (Å²) in [5, 5.41) is 3.37. The lowest BCUT2D eigenvalue weighted by atomic mass is 9.93. The Balaban J connectivity index is 1.48. The monoisotopic (exact) mass is 561 g/mol. The topological polar surface area (TPSA) is 38.3 Å². The highest BCUT2D eigenvalue weighted by atomic mass is 16.5. The van der Waals surface area contributed by atoms with Gasteiger partial charge in [-0.25, -0.2) is 0 Å². The first kappa shape index (κ1) is 31.1. The zero-order chi connectivity index (χ0) is 30.1. The molecule has 0 spiro atoms. The zero-order valence-electron chi connectivity index (χ0n) is 26.3. The minimum atomic E-state index is -0.0449. The largest absolute Gasteiger partial charge is 0.489 e. The van der Waals surface area contributed by atoms with Crippen molar-refractivity contribution in [1.82, 2.24) is 5.32 Å². The van der Waals surface area contributed by atoms with Crippen molar-refractivity contribution in [2.45, 2.75) is 86.3 Å². The molecule has 0 heterocycles. The molecule has 4 aromatic carbocycles. The molecule has 0 aliphatic heterocycles. The third-order valence-electron chi connectivity index (χ3n) is 7.69. The molecule has 1 N–H and O–H groups in total. The number of benzene rings is 4. The van der Waals surface area contributed by atoms with Gasteiger partial charge >= 0.3 is 0 Å². The van der Waals surface area contributed by atoms with Gasteiger partial charge in [-0.15, -0.1) is 0 Å². The van der Waals surface area contributed by atoms with E-state index in [0.717, 1.165) is 43.2 Å². The van der Waals surface area contributed by atoms with Crippen molar-refractivity contribution >= 4 is 5.91 Å². The molecule has 0 fully saturated rings. The molecule has 0 bridgehead atoms. The summed E-state index contributed by atoms with van der Waals surface area (Å²) in [6, 6.07) is 29.9. The predicted molar refractivity (Wildman–Crippen MR) is 176 cm³/mol. The number of ether oxygens (including phenoxy) is 1. The van der Waals surface area contributed by atoms with E-state index in [2.05, 4.69) is 114 Å². The summed E-state index contributed by atoms with van der Waals surface area (Å²) in [5.74, 6) is 1.12. The fourth-order valence-corrected chi connectivity index (χ4v) is 5.65. The van der Waals surface area contributed by atoms with Gasteiger partial charge in [0.05, 0.1) is 6.04 Å². The van der Waals surface area contributed by atoms with E-state index >= 15 is 0 Å². The van der Waals surface area contributed by atoms with E-state index in [1.165, 1.54) is 33.4 Å². The van der Waals surface area contributed by atoms with Gasteiger partial charge in [0.15, 0.2) is 0 Å². The molecule has 3 heteroatoms. The van der Waals surface area contributed by atoms with Gasteiger partial charge < -0.3 is 10.1 Å². The van der Waals surface area contributed by atoms with Crippen molar-refractivity contribution in [3.63, 3.8) is 0 Å². The van der Waals surface area contributed by atoms with Crippen LogP contribution in [0.4, 0.5) is 0 Å². The smallest absolute Gasteiger partial charge is 0.252 e. The molecule has 1 amide bonds. The second-order valence-electron chi connectivity index (χ2n) is 12.1. The number of carbonyl (C=O) groups excluding carboxylic acids is 1. The maximum atomic E-state index is 13.8. The van der Waals surface area contributed by atoms with E-state index in [-0.39, 0.29) is 11.9 Å². The average molecular weight is 562 g/mol. The first-order valence-electron chi connectivity index (χ1n) is 15.6. The Bertz CT molecular complexity index is 1430. The van der Waals surface area contributed by atoms with Crippen LogP contribution in [0.15, 0.2) is 84.9 Å². The highest BCUT2D eigenvalue weighted by Gasteiger charge is 2.20. The van der Waals surface area contributed by atoms with Crippen LogP contribution in [0.1, 0.15) is 96.7 Å². The van der Waals surface area contributed by atoms with E-state index in [9.17, 15) is 4.79 Å². The number of rotatable bonds is 13. The van der Waals surface area contributed by atoms with E-state index in [1.807, 2.05) is 18.2 Å². The summed E-state index contributed by atoms with van der Waals surface area (Å²) in [6.45, 7) is 13.4. The maximum absolute atomic E-state index is 13.8. The van der Waals surface area contributed by atoms with Crippen LogP contribution < -0.4 is 10.1 Å². The fourth-order valence-electron chi connectivity index (χ4n) is 5.65. The predicted octanol–water partition coefficient (Wildman–Crippen LogP) is 9.97. The molecule has 0 saturated heterocycles. The molecule has 0 radical (unpaired) electrons. The van der Waals surface area contributed by atoms with E-state index in [0.29, 0.717) is 23.8 Å². The molecule has 0 aromatic heterocycles. The van der Waals surface area contributed by atoms with Crippen LogP contribution in [0.25, 0.3) is 11.1 Å². The van der Waals surface area contributed by atoms with Crippen molar-refractivity contribution in [3.8, 4) is 16.9 Å². The zero-order valence-corrected chi connectivity index (χ0v) is 26.3. The molecule has 1 atom stereocenters. The van der Waals surface area contributed by atoms with Crippen molar-refractivity contribution in [1.29, 1.82) is 0 Å². The van der Waals surface area contributed by atoms with Crippen molar-refractivity contribution < 1.29 is 9.53 Å². The SMILES string of the molecule is CCCc1ccc(-c2ccc(COc3ccc(CCC)c(C(=O)NC(CC(C)C)c4cc(C)cc(C)c4)c3)cc2)cc1.